The minimum atomic E-state index is -0.581. The average molecular weight is 191 g/mol. The number of carbonyl (C=O) groups excluding carboxylic acids is 1. The Bertz CT molecular complexity index is 332. The quantitative estimate of drug-likeness (QED) is 0.716. The van der Waals surface area contributed by atoms with Gasteiger partial charge in [-0.3, -0.25) is 9.78 Å². The van der Waals surface area contributed by atoms with Crippen LogP contribution >= 0.6 is 0 Å². The van der Waals surface area contributed by atoms with Crippen molar-refractivity contribution in [2.75, 3.05) is 0 Å². The molecule has 0 spiro atoms. The van der Waals surface area contributed by atoms with Crippen molar-refractivity contribution in [3.8, 4) is 0 Å². The zero-order chi connectivity index (χ0) is 10.0. The Morgan fingerprint density at radius 1 is 1.64 bits per heavy atom. The molecule has 1 aromatic heterocycles. The SMILES string of the molecule is NC1(C(=O)NCc2cccnc2)CC1. The molecule has 0 radical (unpaired) electrons. The number of rotatable bonds is 3. The molecule has 0 aromatic carbocycles. The third-order valence-electron chi connectivity index (χ3n) is 2.42. The maximum atomic E-state index is 11.4. The smallest absolute Gasteiger partial charge is 0.240 e. The molecule has 1 saturated carbocycles. The summed E-state index contributed by atoms with van der Waals surface area (Å²) in [6, 6.07) is 3.76. The monoisotopic (exact) mass is 191 g/mol. The molecule has 0 aliphatic heterocycles. The summed E-state index contributed by atoms with van der Waals surface area (Å²) in [4.78, 5) is 15.4. The van der Waals surface area contributed by atoms with Gasteiger partial charge < -0.3 is 11.1 Å². The summed E-state index contributed by atoms with van der Waals surface area (Å²) in [5, 5.41) is 2.80. The number of aromatic nitrogens is 1. The zero-order valence-corrected chi connectivity index (χ0v) is 7.86. The van der Waals surface area contributed by atoms with Crippen LogP contribution in [0.4, 0.5) is 0 Å². The predicted octanol–water partition coefficient (Wildman–Crippen LogP) is 0.189. The van der Waals surface area contributed by atoms with Crippen molar-refractivity contribution in [2.24, 2.45) is 5.73 Å². The van der Waals surface area contributed by atoms with Crippen LogP contribution in [-0.2, 0) is 11.3 Å². The van der Waals surface area contributed by atoms with Gasteiger partial charge in [0, 0.05) is 18.9 Å². The van der Waals surface area contributed by atoms with Gasteiger partial charge in [-0.25, -0.2) is 0 Å². The number of hydrogen-bond donors (Lipinski definition) is 2. The molecule has 4 nitrogen and oxygen atoms in total. The zero-order valence-electron chi connectivity index (χ0n) is 7.86. The molecule has 0 saturated heterocycles. The number of hydrogen-bond acceptors (Lipinski definition) is 3. The molecule has 0 atom stereocenters. The molecule has 1 aliphatic carbocycles. The number of pyridine rings is 1. The second-order valence-corrected chi connectivity index (χ2v) is 3.70. The van der Waals surface area contributed by atoms with Gasteiger partial charge in [0.25, 0.3) is 0 Å². The number of nitrogens with one attached hydrogen (secondary N) is 1. The van der Waals surface area contributed by atoms with E-state index in [0.717, 1.165) is 18.4 Å². The Balaban J connectivity index is 1.86. The highest BCUT2D eigenvalue weighted by Crippen LogP contribution is 2.32. The number of nitrogens with zero attached hydrogens (tertiary/aromatic N) is 1. The van der Waals surface area contributed by atoms with Gasteiger partial charge in [-0.05, 0) is 24.5 Å². The molecule has 74 valence electrons. The molecule has 1 aliphatic rings. The first-order chi connectivity index (χ1) is 6.71. The molecule has 14 heavy (non-hydrogen) atoms. The minimum absolute atomic E-state index is 0.0543. The van der Waals surface area contributed by atoms with E-state index in [2.05, 4.69) is 10.3 Å². The van der Waals surface area contributed by atoms with E-state index in [1.165, 1.54) is 0 Å². The summed E-state index contributed by atoms with van der Waals surface area (Å²) in [5.41, 5.74) is 6.14. The van der Waals surface area contributed by atoms with Gasteiger partial charge >= 0.3 is 0 Å². The normalized spacial score (nSPS) is 17.5. The molecule has 1 aromatic rings. The van der Waals surface area contributed by atoms with E-state index in [4.69, 9.17) is 5.73 Å². The van der Waals surface area contributed by atoms with Gasteiger partial charge in [0.1, 0.15) is 0 Å². The fraction of sp³-hybridized carbons (Fsp3) is 0.400. The fourth-order valence-corrected chi connectivity index (χ4v) is 1.22. The minimum Gasteiger partial charge on any atom is -0.350 e. The van der Waals surface area contributed by atoms with E-state index < -0.39 is 5.54 Å². The number of amides is 1. The second-order valence-electron chi connectivity index (χ2n) is 3.70. The molecule has 1 amide bonds. The van der Waals surface area contributed by atoms with Crippen LogP contribution in [0.2, 0.25) is 0 Å². The lowest BCUT2D eigenvalue weighted by molar-refractivity contribution is -0.123. The van der Waals surface area contributed by atoms with Crippen molar-refractivity contribution >= 4 is 5.91 Å². The standard InChI is InChI=1S/C10H13N3O/c11-10(3-4-10)9(14)13-7-8-2-1-5-12-6-8/h1-2,5-6H,3-4,7,11H2,(H,13,14). The van der Waals surface area contributed by atoms with Crippen LogP contribution in [0.3, 0.4) is 0 Å². The van der Waals surface area contributed by atoms with Crippen LogP contribution in [0.15, 0.2) is 24.5 Å². The van der Waals surface area contributed by atoms with Crippen molar-refractivity contribution in [3.63, 3.8) is 0 Å². The molecular formula is C10H13N3O. The molecular weight excluding hydrogens is 178 g/mol. The largest absolute Gasteiger partial charge is 0.350 e. The molecule has 0 unspecified atom stereocenters. The van der Waals surface area contributed by atoms with E-state index >= 15 is 0 Å². The van der Waals surface area contributed by atoms with Gasteiger partial charge in [0.2, 0.25) is 5.91 Å². The van der Waals surface area contributed by atoms with Crippen LogP contribution in [0.5, 0.6) is 0 Å². The van der Waals surface area contributed by atoms with Crippen molar-refractivity contribution < 1.29 is 4.79 Å². The topological polar surface area (TPSA) is 68.0 Å². The first-order valence-corrected chi connectivity index (χ1v) is 4.67. The maximum absolute atomic E-state index is 11.4. The highest BCUT2D eigenvalue weighted by Gasteiger charge is 2.45. The summed E-state index contributed by atoms with van der Waals surface area (Å²) in [6.45, 7) is 0.506. The summed E-state index contributed by atoms with van der Waals surface area (Å²) in [5.74, 6) is -0.0543. The van der Waals surface area contributed by atoms with E-state index in [9.17, 15) is 4.79 Å². The van der Waals surface area contributed by atoms with E-state index in [-0.39, 0.29) is 5.91 Å². The first-order valence-electron chi connectivity index (χ1n) is 4.67. The van der Waals surface area contributed by atoms with Gasteiger partial charge in [0.05, 0.1) is 5.54 Å². The van der Waals surface area contributed by atoms with Crippen molar-refractivity contribution in [2.45, 2.75) is 24.9 Å². The van der Waals surface area contributed by atoms with Crippen LogP contribution in [0.25, 0.3) is 0 Å². The van der Waals surface area contributed by atoms with Crippen LogP contribution in [0, 0.1) is 0 Å². The van der Waals surface area contributed by atoms with Crippen molar-refractivity contribution in [1.29, 1.82) is 0 Å². The van der Waals surface area contributed by atoms with Crippen LogP contribution in [0.1, 0.15) is 18.4 Å². The van der Waals surface area contributed by atoms with Crippen molar-refractivity contribution in [3.05, 3.63) is 30.1 Å². The second kappa shape index (κ2) is 3.38. The molecule has 0 bridgehead atoms. The highest BCUT2D eigenvalue weighted by atomic mass is 16.2. The highest BCUT2D eigenvalue weighted by molar-refractivity contribution is 5.88. The summed E-state index contributed by atoms with van der Waals surface area (Å²) >= 11 is 0. The third kappa shape index (κ3) is 1.90. The van der Waals surface area contributed by atoms with Crippen molar-refractivity contribution in [1.82, 2.24) is 10.3 Å². The molecule has 1 heterocycles. The van der Waals surface area contributed by atoms with Gasteiger partial charge in [-0.1, -0.05) is 6.07 Å². The maximum Gasteiger partial charge on any atom is 0.240 e. The van der Waals surface area contributed by atoms with E-state index in [1.54, 1.807) is 12.4 Å². The molecule has 1 fully saturated rings. The van der Waals surface area contributed by atoms with Crippen LogP contribution in [-0.4, -0.2) is 16.4 Å². The van der Waals surface area contributed by atoms with Gasteiger partial charge in [-0.2, -0.15) is 0 Å². The van der Waals surface area contributed by atoms with E-state index in [0.29, 0.717) is 6.54 Å². The van der Waals surface area contributed by atoms with Gasteiger partial charge in [-0.15, -0.1) is 0 Å². The third-order valence-corrected chi connectivity index (χ3v) is 2.42. The fourth-order valence-electron chi connectivity index (χ4n) is 1.22. The predicted molar refractivity (Wildman–Crippen MR) is 52.2 cm³/mol. The molecule has 2 rings (SSSR count). The Morgan fingerprint density at radius 2 is 2.43 bits per heavy atom. The van der Waals surface area contributed by atoms with E-state index in [1.807, 2.05) is 12.1 Å². The number of nitrogens with two attached hydrogens (primary N) is 1. The molecule has 4 heteroatoms. The lowest BCUT2D eigenvalue weighted by Gasteiger charge is -2.09. The first kappa shape index (κ1) is 9.15. The van der Waals surface area contributed by atoms with Crippen LogP contribution < -0.4 is 11.1 Å². The summed E-state index contributed by atoms with van der Waals surface area (Å²) in [6.07, 6.45) is 5.03. The Hall–Kier alpha value is -1.42. The summed E-state index contributed by atoms with van der Waals surface area (Å²) in [7, 11) is 0. The summed E-state index contributed by atoms with van der Waals surface area (Å²) < 4.78 is 0. The number of carbonyl (C=O) groups is 1. The Kier molecular flexibility index (Phi) is 2.21. The lowest BCUT2D eigenvalue weighted by Crippen LogP contribution is -2.42. The lowest BCUT2D eigenvalue weighted by atomic mass is 10.2. The average Bonchev–Trinajstić information content (AvgIpc) is 2.96. The molecule has 3 N–H and O–H groups in total. The van der Waals surface area contributed by atoms with Gasteiger partial charge in [0.15, 0.2) is 0 Å². The Labute approximate surface area is 82.5 Å². The Morgan fingerprint density at radius 3 is 3.00 bits per heavy atom.